The molecule has 1 aromatic heterocycles. The maximum absolute atomic E-state index is 12.0. The molecular weight excluding hydrogens is 272 g/mol. The predicted octanol–water partition coefficient (Wildman–Crippen LogP) is 3.20. The van der Waals surface area contributed by atoms with Crippen molar-refractivity contribution >= 4 is 17.5 Å². The summed E-state index contributed by atoms with van der Waals surface area (Å²) in [5.41, 5.74) is 1.93. The highest BCUT2D eigenvalue weighted by Gasteiger charge is 2.44. The summed E-state index contributed by atoms with van der Waals surface area (Å²) in [5.74, 6) is -0.0710. The molecule has 1 aliphatic carbocycles. The molecule has 3 rings (SSSR count). The minimum atomic E-state index is -0.0710. The lowest BCUT2D eigenvalue weighted by Crippen LogP contribution is -2.32. The third-order valence-electron chi connectivity index (χ3n) is 3.82. The van der Waals surface area contributed by atoms with E-state index in [0.717, 1.165) is 17.9 Å². The van der Waals surface area contributed by atoms with E-state index in [1.54, 1.807) is 24.5 Å². The van der Waals surface area contributed by atoms with Gasteiger partial charge in [-0.2, -0.15) is 0 Å². The summed E-state index contributed by atoms with van der Waals surface area (Å²) in [6.45, 7) is 0.655. The number of pyridine rings is 1. The highest BCUT2D eigenvalue weighted by molar-refractivity contribution is 6.30. The van der Waals surface area contributed by atoms with Crippen LogP contribution in [0.15, 0.2) is 48.8 Å². The first-order valence-corrected chi connectivity index (χ1v) is 7.02. The molecule has 0 saturated heterocycles. The topological polar surface area (TPSA) is 42.0 Å². The van der Waals surface area contributed by atoms with Crippen LogP contribution in [0.25, 0.3) is 0 Å². The molecule has 0 unspecified atom stereocenters. The molecule has 102 valence electrons. The number of aromatic nitrogens is 1. The van der Waals surface area contributed by atoms with Gasteiger partial charge < -0.3 is 5.32 Å². The van der Waals surface area contributed by atoms with Gasteiger partial charge in [0.05, 0.1) is 5.56 Å². The minimum Gasteiger partial charge on any atom is -0.351 e. The molecule has 2 aromatic rings. The molecule has 1 heterocycles. The maximum Gasteiger partial charge on any atom is 0.252 e. The molecular formula is C16H15ClN2O. The summed E-state index contributed by atoms with van der Waals surface area (Å²) >= 11 is 5.91. The Morgan fingerprint density at radius 2 is 2.00 bits per heavy atom. The van der Waals surface area contributed by atoms with Crippen LogP contribution < -0.4 is 5.32 Å². The van der Waals surface area contributed by atoms with Crippen LogP contribution in [-0.4, -0.2) is 17.4 Å². The zero-order valence-corrected chi connectivity index (χ0v) is 11.7. The lowest BCUT2D eigenvalue weighted by molar-refractivity contribution is 0.0949. The van der Waals surface area contributed by atoms with Crippen molar-refractivity contribution in [2.45, 2.75) is 18.3 Å². The van der Waals surface area contributed by atoms with Gasteiger partial charge in [0.25, 0.3) is 5.91 Å². The fourth-order valence-electron chi connectivity index (χ4n) is 2.37. The molecule has 3 nitrogen and oxygen atoms in total. The molecule has 1 fully saturated rings. The van der Waals surface area contributed by atoms with Crippen molar-refractivity contribution in [2.24, 2.45) is 0 Å². The normalized spacial score (nSPS) is 15.7. The predicted molar refractivity (Wildman–Crippen MR) is 78.9 cm³/mol. The van der Waals surface area contributed by atoms with Crippen molar-refractivity contribution in [2.75, 3.05) is 6.54 Å². The van der Waals surface area contributed by atoms with Crippen molar-refractivity contribution in [3.8, 4) is 0 Å². The second kappa shape index (κ2) is 5.25. The van der Waals surface area contributed by atoms with Gasteiger partial charge in [-0.25, -0.2) is 0 Å². The highest BCUT2D eigenvalue weighted by Crippen LogP contribution is 2.47. The van der Waals surface area contributed by atoms with E-state index in [2.05, 4.69) is 10.3 Å². The highest BCUT2D eigenvalue weighted by atomic mass is 35.5. The minimum absolute atomic E-state index is 0.0710. The van der Waals surface area contributed by atoms with Crippen LogP contribution in [0.1, 0.15) is 28.8 Å². The van der Waals surface area contributed by atoms with E-state index in [4.69, 9.17) is 11.6 Å². The van der Waals surface area contributed by atoms with Crippen LogP contribution in [0.3, 0.4) is 0 Å². The molecule has 20 heavy (non-hydrogen) atoms. The van der Waals surface area contributed by atoms with Crippen LogP contribution >= 0.6 is 11.6 Å². The van der Waals surface area contributed by atoms with E-state index in [-0.39, 0.29) is 11.3 Å². The molecule has 1 aliphatic rings. The van der Waals surface area contributed by atoms with Crippen LogP contribution in [0.5, 0.6) is 0 Å². The third kappa shape index (κ3) is 2.68. The van der Waals surface area contributed by atoms with Gasteiger partial charge in [0.15, 0.2) is 0 Å². The average Bonchev–Trinajstić information content (AvgIpc) is 3.27. The van der Waals surface area contributed by atoms with Crippen molar-refractivity contribution < 1.29 is 4.79 Å². The number of nitrogens with zero attached hydrogens (tertiary/aromatic N) is 1. The number of rotatable bonds is 4. The molecule has 0 bridgehead atoms. The standard InChI is InChI=1S/C16H15ClN2O/c17-14-5-3-13(4-6-14)16(7-8-16)11-19-15(20)12-2-1-9-18-10-12/h1-6,9-10H,7-8,11H2,(H,19,20). The number of amides is 1. The first-order chi connectivity index (χ1) is 9.70. The fourth-order valence-corrected chi connectivity index (χ4v) is 2.50. The zero-order valence-electron chi connectivity index (χ0n) is 11.0. The molecule has 0 atom stereocenters. The fraction of sp³-hybridized carbons (Fsp3) is 0.250. The van der Waals surface area contributed by atoms with Crippen LogP contribution in [0.4, 0.5) is 0 Å². The number of carbonyl (C=O) groups is 1. The van der Waals surface area contributed by atoms with E-state index < -0.39 is 0 Å². The Balaban J connectivity index is 1.66. The van der Waals surface area contributed by atoms with Crippen LogP contribution in [0.2, 0.25) is 5.02 Å². The Labute approximate surface area is 123 Å². The molecule has 0 spiro atoms. The number of halogens is 1. The summed E-state index contributed by atoms with van der Waals surface area (Å²) in [6, 6.07) is 11.4. The first-order valence-electron chi connectivity index (χ1n) is 6.64. The molecule has 1 N–H and O–H groups in total. The quantitative estimate of drug-likeness (QED) is 0.938. The van der Waals surface area contributed by atoms with Gasteiger partial charge in [0.1, 0.15) is 0 Å². The van der Waals surface area contributed by atoms with E-state index in [1.807, 2.05) is 24.3 Å². The average molecular weight is 287 g/mol. The summed E-state index contributed by atoms with van der Waals surface area (Å²) < 4.78 is 0. The molecule has 4 heteroatoms. The Kier molecular flexibility index (Phi) is 3.45. The Morgan fingerprint density at radius 1 is 1.25 bits per heavy atom. The van der Waals surface area contributed by atoms with Gasteiger partial charge in [-0.15, -0.1) is 0 Å². The van der Waals surface area contributed by atoms with E-state index >= 15 is 0 Å². The third-order valence-corrected chi connectivity index (χ3v) is 4.07. The zero-order chi connectivity index (χ0) is 14.0. The van der Waals surface area contributed by atoms with Crippen LogP contribution in [0, 0.1) is 0 Å². The largest absolute Gasteiger partial charge is 0.351 e. The second-order valence-corrected chi connectivity index (χ2v) is 5.65. The summed E-state index contributed by atoms with van der Waals surface area (Å²) in [5, 5.41) is 3.74. The lowest BCUT2D eigenvalue weighted by atomic mass is 9.96. The van der Waals surface area contributed by atoms with Gasteiger partial charge in [0, 0.05) is 29.4 Å². The van der Waals surface area contributed by atoms with E-state index in [9.17, 15) is 4.79 Å². The molecule has 0 radical (unpaired) electrons. The number of benzene rings is 1. The van der Waals surface area contributed by atoms with Crippen molar-refractivity contribution in [1.82, 2.24) is 10.3 Å². The van der Waals surface area contributed by atoms with Gasteiger partial charge >= 0.3 is 0 Å². The molecule has 1 aromatic carbocycles. The van der Waals surface area contributed by atoms with Crippen molar-refractivity contribution in [1.29, 1.82) is 0 Å². The van der Waals surface area contributed by atoms with E-state index in [1.165, 1.54) is 5.56 Å². The summed E-state index contributed by atoms with van der Waals surface area (Å²) in [7, 11) is 0. The first kappa shape index (κ1) is 13.1. The van der Waals surface area contributed by atoms with Crippen molar-refractivity contribution in [3.05, 3.63) is 64.9 Å². The van der Waals surface area contributed by atoms with Gasteiger partial charge in [-0.1, -0.05) is 23.7 Å². The Morgan fingerprint density at radius 3 is 2.60 bits per heavy atom. The number of nitrogens with one attached hydrogen (secondary N) is 1. The number of hydrogen-bond acceptors (Lipinski definition) is 2. The monoisotopic (exact) mass is 286 g/mol. The number of hydrogen-bond donors (Lipinski definition) is 1. The molecule has 0 aliphatic heterocycles. The van der Waals surface area contributed by atoms with E-state index in [0.29, 0.717) is 12.1 Å². The maximum atomic E-state index is 12.0. The van der Waals surface area contributed by atoms with Gasteiger partial charge in [-0.05, 0) is 42.7 Å². The smallest absolute Gasteiger partial charge is 0.252 e. The summed E-state index contributed by atoms with van der Waals surface area (Å²) in [4.78, 5) is 16.0. The van der Waals surface area contributed by atoms with Gasteiger partial charge in [0.2, 0.25) is 0 Å². The molecule has 1 saturated carbocycles. The SMILES string of the molecule is O=C(NCC1(c2ccc(Cl)cc2)CC1)c1cccnc1. The molecule has 1 amide bonds. The Bertz CT molecular complexity index is 606. The summed E-state index contributed by atoms with van der Waals surface area (Å²) in [6.07, 6.45) is 5.44. The van der Waals surface area contributed by atoms with Gasteiger partial charge in [-0.3, -0.25) is 9.78 Å². The second-order valence-electron chi connectivity index (χ2n) is 5.21. The van der Waals surface area contributed by atoms with Crippen molar-refractivity contribution in [3.63, 3.8) is 0 Å². The van der Waals surface area contributed by atoms with Crippen LogP contribution in [-0.2, 0) is 5.41 Å². The lowest BCUT2D eigenvalue weighted by Gasteiger charge is -2.16. The number of carbonyl (C=O) groups excluding carboxylic acids is 1. The Hall–Kier alpha value is -1.87.